The lowest BCUT2D eigenvalue weighted by atomic mass is 9.95. The Morgan fingerprint density at radius 3 is 3.05 bits per heavy atom. The van der Waals surface area contributed by atoms with Crippen molar-refractivity contribution < 1.29 is 9.15 Å². The number of rotatable bonds is 6. The number of aromatic nitrogens is 2. The van der Waals surface area contributed by atoms with E-state index in [1.54, 1.807) is 13.4 Å². The van der Waals surface area contributed by atoms with Gasteiger partial charge in [0.1, 0.15) is 0 Å². The van der Waals surface area contributed by atoms with Gasteiger partial charge >= 0.3 is 0 Å². The molecule has 3 heterocycles. The predicted octanol–water partition coefficient (Wildman–Crippen LogP) is 2.63. The Morgan fingerprint density at radius 1 is 1.41 bits per heavy atom. The molecular formula is C17H23N3O2. The fourth-order valence-corrected chi connectivity index (χ4v) is 3.43. The zero-order valence-electron chi connectivity index (χ0n) is 13.1. The maximum atomic E-state index is 5.44. The van der Waals surface area contributed by atoms with Crippen LogP contribution in [0.15, 0.2) is 29.2 Å². The third-order valence-electron chi connectivity index (χ3n) is 4.75. The summed E-state index contributed by atoms with van der Waals surface area (Å²) in [6.07, 6.45) is 8.36. The maximum absolute atomic E-state index is 5.44. The molecule has 1 fully saturated rings. The summed E-state index contributed by atoms with van der Waals surface area (Å²) in [6.45, 7) is 4.73. The second-order valence-corrected chi connectivity index (χ2v) is 6.63. The SMILES string of the molecule is COC[C@H]1CN(Cc2ccoc2)Cc2c1cnn2CC1CC1. The lowest BCUT2D eigenvalue weighted by Gasteiger charge is -2.32. The molecule has 0 radical (unpaired) electrons. The van der Waals surface area contributed by atoms with Gasteiger partial charge in [0, 0.05) is 50.3 Å². The number of nitrogens with zero attached hydrogens (tertiary/aromatic N) is 3. The quantitative estimate of drug-likeness (QED) is 0.822. The molecule has 2 aliphatic rings. The van der Waals surface area contributed by atoms with Gasteiger partial charge in [-0.05, 0) is 24.8 Å². The molecule has 0 aromatic carbocycles. The fraction of sp³-hybridized carbons (Fsp3) is 0.588. The molecule has 118 valence electrons. The van der Waals surface area contributed by atoms with Crippen LogP contribution in [0, 0.1) is 5.92 Å². The van der Waals surface area contributed by atoms with Crippen molar-refractivity contribution in [3.05, 3.63) is 41.6 Å². The number of hydrogen-bond donors (Lipinski definition) is 0. The smallest absolute Gasteiger partial charge is 0.0947 e. The van der Waals surface area contributed by atoms with Crippen LogP contribution in [-0.2, 0) is 24.4 Å². The Bertz CT molecular complexity index is 616. The topological polar surface area (TPSA) is 43.4 Å². The van der Waals surface area contributed by atoms with Crippen LogP contribution in [0.25, 0.3) is 0 Å². The van der Waals surface area contributed by atoms with Gasteiger partial charge in [0.2, 0.25) is 0 Å². The molecule has 2 aromatic rings. The van der Waals surface area contributed by atoms with Crippen LogP contribution in [0.4, 0.5) is 0 Å². The minimum atomic E-state index is 0.411. The summed E-state index contributed by atoms with van der Waals surface area (Å²) >= 11 is 0. The lowest BCUT2D eigenvalue weighted by molar-refractivity contribution is 0.133. The first kappa shape index (κ1) is 14.0. The Hall–Kier alpha value is -1.59. The van der Waals surface area contributed by atoms with Gasteiger partial charge in [-0.1, -0.05) is 0 Å². The van der Waals surface area contributed by atoms with E-state index in [1.165, 1.54) is 29.7 Å². The molecular weight excluding hydrogens is 278 g/mol. The van der Waals surface area contributed by atoms with Crippen molar-refractivity contribution in [3.8, 4) is 0 Å². The van der Waals surface area contributed by atoms with E-state index in [1.807, 2.05) is 12.3 Å². The summed E-state index contributed by atoms with van der Waals surface area (Å²) in [4.78, 5) is 2.47. The molecule has 0 spiro atoms. The molecule has 0 N–H and O–H groups in total. The highest BCUT2D eigenvalue weighted by atomic mass is 16.5. The van der Waals surface area contributed by atoms with Gasteiger partial charge in [0.05, 0.1) is 31.0 Å². The van der Waals surface area contributed by atoms with Crippen molar-refractivity contribution in [1.29, 1.82) is 0 Å². The summed E-state index contributed by atoms with van der Waals surface area (Å²) in [5.74, 6) is 1.25. The first-order valence-corrected chi connectivity index (χ1v) is 8.10. The Morgan fingerprint density at radius 2 is 2.32 bits per heavy atom. The second kappa shape index (κ2) is 5.89. The zero-order chi connectivity index (χ0) is 14.9. The van der Waals surface area contributed by atoms with E-state index < -0.39 is 0 Å². The van der Waals surface area contributed by atoms with Crippen LogP contribution in [-0.4, -0.2) is 34.9 Å². The van der Waals surface area contributed by atoms with Gasteiger partial charge in [-0.15, -0.1) is 0 Å². The molecule has 1 aliphatic heterocycles. The molecule has 1 saturated carbocycles. The van der Waals surface area contributed by atoms with Gasteiger partial charge in [0.15, 0.2) is 0 Å². The van der Waals surface area contributed by atoms with Gasteiger partial charge in [-0.3, -0.25) is 9.58 Å². The van der Waals surface area contributed by atoms with Crippen molar-refractivity contribution in [2.24, 2.45) is 5.92 Å². The first-order valence-electron chi connectivity index (χ1n) is 8.10. The largest absolute Gasteiger partial charge is 0.472 e. The predicted molar refractivity (Wildman–Crippen MR) is 82.4 cm³/mol. The van der Waals surface area contributed by atoms with Crippen molar-refractivity contribution in [3.63, 3.8) is 0 Å². The van der Waals surface area contributed by atoms with Crippen molar-refractivity contribution >= 4 is 0 Å². The zero-order valence-corrected chi connectivity index (χ0v) is 13.1. The normalized spacial score (nSPS) is 22.0. The third kappa shape index (κ3) is 2.83. The van der Waals surface area contributed by atoms with Gasteiger partial charge < -0.3 is 9.15 Å². The molecule has 0 unspecified atom stereocenters. The van der Waals surface area contributed by atoms with Crippen molar-refractivity contribution in [1.82, 2.24) is 14.7 Å². The summed E-state index contributed by atoms with van der Waals surface area (Å²) < 4.78 is 12.9. The lowest BCUT2D eigenvalue weighted by Crippen LogP contribution is -2.35. The van der Waals surface area contributed by atoms with E-state index in [9.17, 15) is 0 Å². The minimum absolute atomic E-state index is 0.411. The van der Waals surface area contributed by atoms with Gasteiger partial charge in [0.25, 0.3) is 0 Å². The third-order valence-corrected chi connectivity index (χ3v) is 4.75. The summed E-state index contributed by atoms with van der Waals surface area (Å²) in [5.41, 5.74) is 3.99. The van der Waals surface area contributed by atoms with Crippen molar-refractivity contribution in [2.45, 2.75) is 38.4 Å². The monoisotopic (exact) mass is 301 g/mol. The van der Waals surface area contributed by atoms with Crippen molar-refractivity contribution in [2.75, 3.05) is 20.3 Å². The Labute approximate surface area is 130 Å². The summed E-state index contributed by atoms with van der Waals surface area (Å²) in [6, 6.07) is 2.04. The molecule has 2 aromatic heterocycles. The molecule has 5 nitrogen and oxygen atoms in total. The molecule has 1 aliphatic carbocycles. The molecule has 4 rings (SSSR count). The minimum Gasteiger partial charge on any atom is -0.472 e. The van der Waals surface area contributed by atoms with Crippen LogP contribution < -0.4 is 0 Å². The molecule has 0 amide bonds. The maximum Gasteiger partial charge on any atom is 0.0947 e. The van der Waals surface area contributed by atoms with E-state index in [4.69, 9.17) is 9.15 Å². The fourth-order valence-electron chi connectivity index (χ4n) is 3.43. The van der Waals surface area contributed by atoms with Gasteiger partial charge in [-0.25, -0.2) is 0 Å². The van der Waals surface area contributed by atoms with Crippen LogP contribution in [0.5, 0.6) is 0 Å². The van der Waals surface area contributed by atoms with Crippen LogP contribution in [0.2, 0.25) is 0 Å². The average Bonchev–Trinajstić information content (AvgIpc) is 3.01. The van der Waals surface area contributed by atoms with E-state index in [2.05, 4.69) is 20.9 Å². The molecule has 0 bridgehead atoms. The highest BCUT2D eigenvalue weighted by molar-refractivity contribution is 5.26. The van der Waals surface area contributed by atoms with Crippen LogP contribution in [0.3, 0.4) is 0 Å². The van der Waals surface area contributed by atoms with E-state index >= 15 is 0 Å². The van der Waals surface area contributed by atoms with E-state index in [0.717, 1.165) is 38.7 Å². The average molecular weight is 301 g/mol. The van der Waals surface area contributed by atoms with Crippen LogP contribution in [0.1, 0.15) is 35.6 Å². The second-order valence-electron chi connectivity index (χ2n) is 6.63. The first-order chi connectivity index (χ1) is 10.8. The number of methoxy groups -OCH3 is 1. The molecule has 22 heavy (non-hydrogen) atoms. The number of hydrogen-bond acceptors (Lipinski definition) is 4. The molecule has 0 saturated heterocycles. The number of ether oxygens (including phenoxy) is 1. The van der Waals surface area contributed by atoms with E-state index in [0.29, 0.717) is 5.92 Å². The summed E-state index contributed by atoms with van der Waals surface area (Å²) in [7, 11) is 1.78. The van der Waals surface area contributed by atoms with Gasteiger partial charge in [-0.2, -0.15) is 5.10 Å². The summed E-state index contributed by atoms with van der Waals surface area (Å²) in [5, 5.41) is 4.66. The highest BCUT2D eigenvalue weighted by Gasteiger charge is 2.31. The molecule has 5 heteroatoms. The number of fused-ring (bicyclic) bond motifs is 1. The van der Waals surface area contributed by atoms with Crippen LogP contribution >= 0.6 is 0 Å². The Kier molecular flexibility index (Phi) is 3.76. The number of furan rings is 1. The van der Waals surface area contributed by atoms with E-state index in [-0.39, 0.29) is 0 Å². The standard InChI is InChI=1S/C17H23N3O2/c1-21-12-15-9-19(7-14-4-5-22-11-14)10-17-16(15)6-18-20(17)8-13-2-3-13/h4-6,11,13,15H,2-3,7-10,12H2,1H3/t15-/m1/s1. The Balaban J connectivity index is 1.56. The highest BCUT2D eigenvalue weighted by Crippen LogP contribution is 2.34. The molecule has 1 atom stereocenters.